The first-order chi connectivity index (χ1) is 25.9. The average Bonchev–Trinajstić information content (AvgIpc) is 3.12. The van der Waals surface area contributed by atoms with Crippen molar-refractivity contribution in [2.75, 3.05) is 13.2 Å². The maximum absolute atomic E-state index is 12.4. The number of nitrogens with zero attached hydrogens (tertiary/aromatic N) is 3. The van der Waals surface area contributed by atoms with Crippen molar-refractivity contribution in [1.82, 2.24) is 0 Å². The molecule has 0 bridgehead atoms. The van der Waals surface area contributed by atoms with Gasteiger partial charge in [0.05, 0.1) is 13.2 Å². The molecule has 0 unspecified atom stereocenters. The Bertz CT molecular complexity index is 1620. The fraction of sp³-hybridized carbons (Fsp3) is 0.528. The van der Waals surface area contributed by atoms with Gasteiger partial charge in [0, 0.05) is 39.5 Å². The van der Waals surface area contributed by atoms with Crippen LogP contribution in [0, 0.1) is 0 Å². The summed E-state index contributed by atoms with van der Waals surface area (Å²) in [5, 5.41) is 3.98. The van der Waals surface area contributed by atoms with Crippen LogP contribution in [0.2, 0.25) is 0 Å². The van der Waals surface area contributed by atoms with Crippen molar-refractivity contribution in [2.24, 2.45) is 5.11 Å². The van der Waals surface area contributed by atoms with E-state index < -0.39 is 97.8 Å². The van der Waals surface area contributed by atoms with E-state index in [1.165, 1.54) is 6.92 Å². The zero-order chi connectivity index (χ0) is 39.2. The number of benzene rings is 2. The van der Waals surface area contributed by atoms with E-state index in [9.17, 15) is 29.5 Å². The van der Waals surface area contributed by atoms with Gasteiger partial charge in [0.2, 0.25) is 6.29 Å². The molecule has 10 atom stereocenters. The maximum Gasteiger partial charge on any atom is 0.303 e. The molecule has 2 aromatic carbocycles. The Morgan fingerprint density at radius 3 is 1.52 bits per heavy atom. The zero-order valence-electron chi connectivity index (χ0n) is 30.3. The molecule has 2 aliphatic heterocycles. The summed E-state index contributed by atoms with van der Waals surface area (Å²) in [7, 11) is 0. The van der Waals surface area contributed by atoms with Gasteiger partial charge in [0.25, 0.3) is 0 Å². The van der Waals surface area contributed by atoms with E-state index in [0.717, 1.165) is 38.8 Å². The molecule has 0 amide bonds. The Balaban J connectivity index is 1.77. The lowest BCUT2D eigenvalue weighted by molar-refractivity contribution is -0.366. The van der Waals surface area contributed by atoms with E-state index in [2.05, 4.69) is 10.0 Å². The second-order valence-corrected chi connectivity index (χ2v) is 12.3. The van der Waals surface area contributed by atoms with Gasteiger partial charge in [-0.1, -0.05) is 65.8 Å². The summed E-state index contributed by atoms with van der Waals surface area (Å²) in [5.41, 5.74) is 11.4. The molecule has 0 radical (unpaired) electrons. The third-order valence-electron chi connectivity index (χ3n) is 8.04. The van der Waals surface area contributed by atoms with E-state index in [0.29, 0.717) is 0 Å². The monoisotopic (exact) mass is 757 g/mol. The van der Waals surface area contributed by atoms with Gasteiger partial charge < -0.3 is 47.4 Å². The molecule has 2 aliphatic rings. The molecule has 2 fully saturated rings. The molecular weight excluding hydrogens is 714 g/mol. The molecule has 2 aromatic rings. The van der Waals surface area contributed by atoms with Crippen molar-refractivity contribution in [3.05, 3.63) is 82.2 Å². The van der Waals surface area contributed by atoms with Crippen molar-refractivity contribution in [1.29, 1.82) is 0 Å². The van der Waals surface area contributed by atoms with Crippen LogP contribution in [-0.4, -0.2) is 104 Å². The standard InChI is InChI=1S/C36H43N3O15/c1-20(40)45-18-27-30(47-16-25-12-8-6-9-13-25)32(48-17-26-14-10-7-11-15-26)29(38-39-37)35(52-27)54-36-34(51-24(5)44)33(50-23(4)43)31(49-22(3)42)28(53-36)19-46-21(2)41/h6-15,27-36H,16-19H2,1-5H3/t27-,28-,29-,30-,31-,32-,33+,34+,35-,36-/m1/s1. The highest BCUT2D eigenvalue weighted by Gasteiger charge is 2.56. The summed E-state index contributed by atoms with van der Waals surface area (Å²) in [6, 6.07) is 16.9. The Morgan fingerprint density at radius 2 is 1.04 bits per heavy atom. The quantitative estimate of drug-likeness (QED) is 0.0788. The Labute approximate surface area is 310 Å². The van der Waals surface area contributed by atoms with Crippen molar-refractivity contribution in [3.8, 4) is 0 Å². The van der Waals surface area contributed by atoms with Crippen molar-refractivity contribution in [2.45, 2.75) is 109 Å². The molecule has 4 rings (SSSR count). The molecule has 0 aromatic heterocycles. The molecule has 292 valence electrons. The van der Waals surface area contributed by atoms with Crippen LogP contribution >= 0.6 is 0 Å². The van der Waals surface area contributed by atoms with Gasteiger partial charge >= 0.3 is 29.8 Å². The number of carbonyl (C=O) groups is 5. The lowest BCUT2D eigenvalue weighted by Crippen LogP contribution is -2.66. The maximum atomic E-state index is 12.4. The SMILES string of the molecule is CC(=O)OC[C@H]1O[C@H](O[C@H]2O[C@H](COC(C)=O)[C@@H](OCc3ccccc3)[C@H](OCc3ccccc3)[C@H]2N=[N+]=[N-])[C@@H](OC(C)=O)[C@@H](OC(C)=O)[C@@H]1OC(C)=O. The van der Waals surface area contributed by atoms with Gasteiger partial charge in [-0.3, -0.25) is 24.0 Å². The molecule has 18 nitrogen and oxygen atoms in total. The van der Waals surface area contributed by atoms with Gasteiger partial charge in [-0.2, -0.15) is 0 Å². The number of azide groups is 1. The number of esters is 5. The normalized spacial score (nSPS) is 27.7. The van der Waals surface area contributed by atoms with Crippen LogP contribution in [-0.2, 0) is 84.6 Å². The van der Waals surface area contributed by atoms with Crippen LogP contribution in [0.15, 0.2) is 65.8 Å². The lowest BCUT2D eigenvalue weighted by Gasteiger charge is -2.48. The highest BCUT2D eigenvalue weighted by atomic mass is 16.8. The van der Waals surface area contributed by atoms with E-state index in [1.807, 2.05) is 60.7 Å². The van der Waals surface area contributed by atoms with E-state index in [1.54, 1.807) is 0 Å². The number of ether oxygens (including phenoxy) is 10. The van der Waals surface area contributed by atoms with Crippen molar-refractivity contribution in [3.63, 3.8) is 0 Å². The topological polar surface area (TPSA) is 226 Å². The van der Waals surface area contributed by atoms with Crippen LogP contribution in [0.1, 0.15) is 45.7 Å². The highest BCUT2D eigenvalue weighted by Crippen LogP contribution is 2.35. The van der Waals surface area contributed by atoms with Gasteiger partial charge in [0.15, 0.2) is 24.6 Å². The lowest BCUT2D eigenvalue weighted by atomic mass is 9.95. The summed E-state index contributed by atoms with van der Waals surface area (Å²) < 4.78 is 58.5. The third kappa shape index (κ3) is 12.2. The second-order valence-electron chi connectivity index (χ2n) is 12.3. The fourth-order valence-electron chi connectivity index (χ4n) is 5.88. The van der Waals surface area contributed by atoms with E-state index in [4.69, 9.17) is 47.4 Å². The summed E-state index contributed by atoms with van der Waals surface area (Å²) in [6.45, 7) is 4.78. The van der Waals surface area contributed by atoms with Gasteiger partial charge in [-0.25, -0.2) is 0 Å². The fourth-order valence-corrected chi connectivity index (χ4v) is 5.88. The highest BCUT2D eigenvalue weighted by molar-refractivity contribution is 5.69. The Hall–Kier alpha value is -5.10. The summed E-state index contributed by atoms with van der Waals surface area (Å²) in [6.07, 6.45) is -12.6. The first-order valence-electron chi connectivity index (χ1n) is 17.0. The molecule has 2 heterocycles. The van der Waals surface area contributed by atoms with Crippen LogP contribution in [0.5, 0.6) is 0 Å². The number of rotatable bonds is 16. The van der Waals surface area contributed by atoms with Crippen LogP contribution in [0.3, 0.4) is 0 Å². The summed E-state index contributed by atoms with van der Waals surface area (Å²) in [5.74, 6) is -3.87. The molecule has 2 saturated heterocycles. The van der Waals surface area contributed by atoms with Gasteiger partial charge in [-0.05, 0) is 16.7 Å². The number of carbonyl (C=O) groups excluding carboxylic acids is 5. The second kappa shape index (κ2) is 20.4. The molecular formula is C36H43N3O15. The Kier molecular flexibility index (Phi) is 15.7. The molecule has 0 N–H and O–H groups in total. The van der Waals surface area contributed by atoms with Gasteiger partial charge in [-0.15, -0.1) is 0 Å². The molecule has 54 heavy (non-hydrogen) atoms. The minimum absolute atomic E-state index is 0.0141. The van der Waals surface area contributed by atoms with Crippen molar-refractivity contribution < 1.29 is 71.3 Å². The summed E-state index contributed by atoms with van der Waals surface area (Å²) >= 11 is 0. The smallest absolute Gasteiger partial charge is 0.303 e. The predicted octanol–water partition coefficient (Wildman–Crippen LogP) is 3.22. The minimum Gasteiger partial charge on any atom is -0.463 e. The Morgan fingerprint density at radius 1 is 0.593 bits per heavy atom. The van der Waals surface area contributed by atoms with Crippen LogP contribution < -0.4 is 0 Å². The number of hydrogen-bond acceptors (Lipinski definition) is 16. The molecule has 0 aliphatic carbocycles. The average molecular weight is 758 g/mol. The molecule has 0 saturated carbocycles. The van der Waals surface area contributed by atoms with E-state index in [-0.39, 0.29) is 19.8 Å². The first-order valence-corrected chi connectivity index (χ1v) is 17.0. The number of hydrogen-bond donors (Lipinski definition) is 0. The zero-order valence-corrected chi connectivity index (χ0v) is 30.3. The molecule has 0 spiro atoms. The van der Waals surface area contributed by atoms with Crippen LogP contribution in [0.4, 0.5) is 0 Å². The predicted molar refractivity (Wildman–Crippen MR) is 181 cm³/mol. The van der Waals surface area contributed by atoms with Gasteiger partial charge in [0.1, 0.15) is 43.7 Å². The van der Waals surface area contributed by atoms with Crippen LogP contribution in [0.25, 0.3) is 10.4 Å². The minimum atomic E-state index is -1.71. The largest absolute Gasteiger partial charge is 0.463 e. The van der Waals surface area contributed by atoms with Crippen molar-refractivity contribution >= 4 is 29.8 Å². The molecule has 18 heteroatoms. The third-order valence-corrected chi connectivity index (χ3v) is 8.04. The van der Waals surface area contributed by atoms with E-state index >= 15 is 0 Å². The first kappa shape index (κ1) is 41.7. The summed E-state index contributed by atoms with van der Waals surface area (Å²) in [4.78, 5) is 63.9.